The first-order valence-corrected chi connectivity index (χ1v) is 19.8. The van der Waals surface area contributed by atoms with Crippen molar-refractivity contribution < 1.29 is 28.7 Å². The van der Waals surface area contributed by atoms with Gasteiger partial charge in [0.15, 0.2) is 0 Å². The molecule has 14 heteroatoms. The first-order chi connectivity index (χ1) is 27.2. The number of piperidine rings is 2. The highest BCUT2D eigenvalue weighted by Crippen LogP contribution is 2.51. The second kappa shape index (κ2) is 14.5. The number of pyridine rings is 1. The molecule has 2 aromatic heterocycles. The van der Waals surface area contributed by atoms with E-state index in [9.17, 15) is 24.0 Å². The lowest BCUT2D eigenvalue weighted by Crippen LogP contribution is -2.54. The van der Waals surface area contributed by atoms with Crippen molar-refractivity contribution in [2.45, 2.75) is 82.3 Å². The molecule has 4 fully saturated rings. The van der Waals surface area contributed by atoms with E-state index in [2.05, 4.69) is 36.7 Å². The Morgan fingerprint density at radius 1 is 0.946 bits per heavy atom. The maximum absolute atomic E-state index is 13.5. The fourth-order valence-electron chi connectivity index (χ4n) is 9.73. The molecule has 2 saturated carbocycles. The number of carbonyl (C=O) groups excluding carboxylic acids is 5. The zero-order valence-corrected chi connectivity index (χ0v) is 31.5. The summed E-state index contributed by atoms with van der Waals surface area (Å²) >= 11 is 0. The minimum Gasteiger partial charge on any atom is -0.494 e. The lowest BCUT2D eigenvalue weighted by molar-refractivity contribution is -0.136. The van der Waals surface area contributed by atoms with Crippen molar-refractivity contribution >= 4 is 51.8 Å². The number of nitrogens with one attached hydrogen (secondary N) is 3. The normalized spacial score (nSPS) is 23.9. The molecule has 5 amide bonds. The molecule has 3 N–H and O–H groups in total. The number of benzene rings is 2. The molecule has 4 aromatic rings. The van der Waals surface area contributed by atoms with Crippen LogP contribution in [0.2, 0.25) is 0 Å². The highest BCUT2D eigenvalue weighted by atomic mass is 16.5. The molecule has 1 unspecified atom stereocenters. The molecule has 290 valence electrons. The highest BCUT2D eigenvalue weighted by Gasteiger charge is 2.48. The monoisotopic (exact) mass is 758 g/mol. The highest BCUT2D eigenvalue weighted by molar-refractivity contribution is 6.25. The van der Waals surface area contributed by atoms with E-state index in [1.165, 1.54) is 0 Å². The van der Waals surface area contributed by atoms with Gasteiger partial charge < -0.3 is 20.3 Å². The third-order valence-corrected chi connectivity index (χ3v) is 12.8. The Morgan fingerprint density at radius 3 is 2.48 bits per heavy atom. The number of methoxy groups -OCH3 is 1. The SMILES string of the molecule is COc1cc2nn([C@H]3CC[C@H](CN4CCC5(CC4)CC(Nc4cccc6c4C(=O)N(C4CCC(=O)NC4=O)C6=O)C5)CC3)cc2cc1NC(=O)c1ccccn1. The molecule has 1 spiro atoms. The number of hydrogen-bond acceptors (Lipinski definition) is 10. The molecule has 5 aliphatic rings. The predicted molar refractivity (Wildman–Crippen MR) is 207 cm³/mol. The first kappa shape index (κ1) is 36.0. The van der Waals surface area contributed by atoms with Crippen molar-refractivity contribution in [2.24, 2.45) is 11.3 Å². The van der Waals surface area contributed by atoms with Gasteiger partial charge in [-0.2, -0.15) is 5.10 Å². The van der Waals surface area contributed by atoms with Crippen LogP contribution in [-0.4, -0.2) is 92.9 Å². The van der Waals surface area contributed by atoms with Crippen molar-refractivity contribution in [1.82, 2.24) is 29.9 Å². The van der Waals surface area contributed by atoms with E-state index >= 15 is 0 Å². The number of nitrogens with zero attached hydrogens (tertiary/aromatic N) is 5. The minimum atomic E-state index is -0.974. The van der Waals surface area contributed by atoms with Crippen LogP contribution in [0.25, 0.3) is 10.9 Å². The Morgan fingerprint density at radius 2 is 1.75 bits per heavy atom. The van der Waals surface area contributed by atoms with E-state index in [1.807, 2.05) is 18.2 Å². The van der Waals surface area contributed by atoms with E-state index in [4.69, 9.17) is 9.84 Å². The van der Waals surface area contributed by atoms with Crippen LogP contribution < -0.4 is 20.7 Å². The van der Waals surface area contributed by atoms with Gasteiger partial charge in [0.05, 0.1) is 35.5 Å². The molecule has 56 heavy (non-hydrogen) atoms. The van der Waals surface area contributed by atoms with Gasteiger partial charge in [0.25, 0.3) is 17.7 Å². The van der Waals surface area contributed by atoms with Crippen molar-refractivity contribution in [3.8, 4) is 5.75 Å². The Kier molecular flexibility index (Phi) is 9.31. The Balaban J connectivity index is 0.749. The topological polar surface area (TPSA) is 168 Å². The van der Waals surface area contributed by atoms with Crippen LogP contribution in [0.4, 0.5) is 11.4 Å². The second-order valence-corrected chi connectivity index (χ2v) is 16.3. The molecule has 2 saturated heterocycles. The van der Waals surface area contributed by atoms with Crippen molar-refractivity contribution in [3.63, 3.8) is 0 Å². The fourth-order valence-corrected chi connectivity index (χ4v) is 9.73. The average Bonchev–Trinajstić information content (AvgIpc) is 3.72. The van der Waals surface area contributed by atoms with E-state index in [-0.39, 0.29) is 30.7 Å². The summed E-state index contributed by atoms with van der Waals surface area (Å²) in [6, 6.07) is 13.9. The average molecular weight is 759 g/mol. The van der Waals surface area contributed by atoms with Crippen LogP contribution in [-0.2, 0) is 9.59 Å². The number of anilines is 2. The molecule has 9 rings (SSSR count). The lowest BCUT2D eigenvalue weighted by Gasteiger charge is -2.53. The first-order valence-electron chi connectivity index (χ1n) is 19.8. The number of ether oxygens (including phenoxy) is 1. The van der Waals surface area contributed by atoms with Gasteiger partial charge in [0, 0.05) is 48.5 Å². The van der Waals surface area contributed by atoms with Crippen molar-refractivity contribution in [3.05, 3.63) is 77.7 Å². The number of hydrogen-bond donors (Lipinski definition) is 3. The summed E-state index contributed by atoms with van der Waals surface area (Å²) < 4.78 is 7.70. The van der Waals surface area contributed by atoms with E-state index in [1.54, 1.807) is 43.6 Å². The quantitative estimate of drug-likeness (QED) is 0.194. The molecule has 2 aliphatic carbocycles. The maximum atomic E-state index is 13.5. The zero-order valence-electron chi connectivity index (χ0n) is 31.5. The van der Waals surface area contributed by atoms with Crippen LogP contribution in [0.15, 0.2) is 60.9 Å². The van der Waals surface area contributed by atoms with Crippen LogP contribution in [0.5, 0.6) is 5.75 Å². The van der Waals surface area contributed by atoms with Gasteiger partial charge in [-0.25, -0.2) is 0 Å². The molecule has 0 bridgehead atoms. The van der Waals surface area contributed by atoms with E-state index < -0.39 is 23.8 Å². The maximum Gasteiger partial charge on any atom is 0.274 e. The Hall–Kier alpha value is -5.63. The number of imide groups is 2. The second-order valence-electron chi connectivity index (χ2n) is 16.3. The Labute approximate surface area is 324 Å². The van der Waals surface area contributed by atoms with E-state index in [0.717, 1.165) is 86.8 Å². The van der Waals surface area contributed by atoms with Gasteiger partial charge in [-0.1, -0.05) is 12.1 Å². The summed E-state index contributed by atoms with van der Waals surface area (Å²) in [5.41, 5.74) is 3.33. The molecular formula is C42H46N8O6. The van der Waals surface area contributed by atoms with Gasteiger partial charge >= 0.3 is 0 Å². The van der Waals surface area contributed by atoms with Crippen LogP contribution in [0.1, 0.15) is 101 Å². The molecule has 5 heterocycles. The smallest absolute Gasteiger partial charge is 0.274 e. The number of fused-ring (bicyclic) bond motifs is 2. The van der Waals surface area contributed by atoms with E-state index in [0.29, 0.717) is 51.3 Å². The summed E-state index contributed by atoms with van der Waals surface area (Å²) in [5.74, 6) is -1.02. The van der Waals surface area contributed by atoms with Crippen LogP contribution in [0, 0.1) is 11.3 Å². The number of carbonyl (C=O) groups is 5. The van der Waals surface area contributed by atoms with Crippen LogP contribution in [0.3, 0.4) is 0 Å². The Bertz CT molecular complexity index is 2210. The fraction of sp³-hybridized carbons (Fsp3) is 0.452. The van der Waals surface area contributed by atoms with Gasteiger partial charge in [-0.15, -0.1) is 0 Å². The number of aromatic nitrogens is 3. The summed E-state index contributed by atoms with van der Waals surface area (Å²) in [4.78, 5) is 71.6. The van der Waals surface area contributed by atoms with Gasteiger partial charge in [-0.3, -0.25) is 43.9 Å². The predicted octanol–water partition coefficient (Wildman–Crippen LogP) is 5.18. The molecule has 2 aromatic carbocycles. The summed E-state index contributed by atoms with van der Waals surface area (Å²) in [6.45, 7) is 3.30. The number of likely N-dealkylation sites (tertiary alicyclic amines) is 1. The molecule has 14 nitrogen and oxygen atoms in total. The van der Waals surface area contributed by atoms with Crippen LogP contribution >= 0.6 is 0 Å². The number of amides is 5. The van der Waals surface area contributed by atoms with Gasteiger partial charge in [-0.05, 0) is 113 Å². The molecule has 1 atom stereocenters. The molecular weight excluding hydrogens is 713 g/mol. The minimum absolute atomic E-state index is 0.0958. The summed E-state index contributed by atoms with van der Waals surface area (Å²) in [7, 11) is 1.59. The van der Waals surface area contributed by atoms with Crippen molar-refractivity contribution in [1.29, 1.82) is 0 Å². The molecule has 0 radical (unpaired) electrons. The third kappa shape index (κ3) is 6.69. The van der Waals surface area contributed by atoms with Gasteiger partial charge in [0.1, 0.15) is 17.5 Å². The summed E-state index contributed by atoms with van der Waals surface area (Å²) in [6.07, 6.45) is 12.7. The zero-order chi connectivity index (χ0) is 38.6. The summed E-state index contributed by atoms with van der Waals surface area (Å²) in [5, 5.41) is 14.6. The van der Waals surface area contributed by atoms with Gasteiger partial charge in [0.2, 0.25) is 11.8 Å². The lowest BCUT2D eigenvalue weighted by atomic mass is 9.60. The third-order valence-electron chi connectivity index (χ3n) is 12.8. The standard InChI is InChI=1S/C42H46N8O6/c1-56-35-20-32-26(19-33(35)45-38(52)31-6-2-3-16-43-31)24-49(47-32)28-10-8-25(9-11-28)23-48-17-14-42(15-18-48)21-27(22-42)44-30-7-4-5-29-37(30)41(55)50(40(29)54)34-12-13-36(51)46-39(34)53/h2-7,16,19-20,24-25,27-28,34,44H,8-15,17-18,21-23H2,1H3,(H,45,52)(H,46,51,53)/t25-,28-,34?. The molecule has 3 aliphatic heterocycles. The number of rotatable bonds is 9. The van der Waals surface area contributed by atoms with Crippen molar-refractivity contribution in [2.75, 3.05) is 37.4 Å². The largest absolute Gasteiger partial charge is 0.494 e.